The minimum atomic E-state index is -0.696. The maximum atomic E-state index is 10.7. The van der Waals surface area contributed by atoms with Gasteiger partial charge in [-0.05, 0) is 49.4 Å². The lowest BCUT2D eigenvalue weighted by atomic mass is 9.93. The average Bonchev–Trinajstić information content (AvgIpc) is 2.40. The van der Waals surface area contributed by atoms with E-state index in [9.17, 15) is 4.79 Å². The van der Waals surface area contributed by atoms with Gasteiger partial charge in [-0.15, -0.1) is 0 Å². The van der Waals surface area contributed by atoms with Crippen LogP contribution in [-0.2, 0) is 11.3 Å². The Bertz CT molecular complexity index is 481. The Kier molecular flexibility index (Phi) is 5.87. The van der Waals surface area contributed by atoms with Crippen LogP contribution < -0.4 is 0 Å². The zero-order chi connectivity index (χ0) is 14.5. The zero-order valence-electron chi connectivity index (χ0n) is 11.3. The number of piperidine rings is 1. The van der Waals surface area contributed by atoms with Crippen molar-refractivity contribution in [3.63, 3.8) is 0 Å². The predicted octanol–water partition coefficient (Wildman–Crippen LogP) is 4.18. The first-order chi connectivity index (χ1) is 9.54. The number of rotatable bonds is 5. The molecular formula is C15H19BrClNO2. The Labute approximate surface area is 133 Å². The summed E-state index contributed by atoms with van der Waals surface area (Å²) >= 11 is 9.66. The fourth-order valence-corrected chi connectivity index (χ4v) is 3.48. The Morgan fingerprint density at radius 2 is 2.30 bits per heavy atom. The summed E-state index contributed by atoms with van der Waals surface area (Å²) in [6, 6.07) is 5.98. The number of carboxylic acids is 1. The van der Waals surface area contributed by atoms with Gasteiger partial charge in [0.05, 0.1) is 0 Å². The van der Waals surface area contributed by atoms with Crippen molar-refractivity contribution in [2.75, 3.05) is 13.1 Å². The molecule has 1 saturated heterocycles. The molecule has 0 aliphatic carbocycles. The van der Waals surface area contributed by atoms with E-state index >= 15 is 0 Å². The van der Waals surface area contributed by atoms with Crippen molar-refractivity contribution in [2.24, 2.45) is 5.92 Å². The van der Waals surface area contributed by atoms with Crippen molar-refractivity contribution in [3.05, 3.63) is 33.3 Å². The molecule has 1 unspecified atom stereocenters. The van der Waals surface area contributed by atoms with Crippen LogP contribution >= 0.6 is 27.5 Å². The smallest absolute Gasteiger partial charge is 0.303 e. The van der Waals surface area contributed by atoms with Gasteiger partial charge >= 0.3 is 5.97 Å². The van der Waals surface area contributed by atoms with Crippen LogP contribution in [0.1, 0.15) is 31.2 Å². The molecule has 0 amide bonds. The monoisotopic (exact) mass is 359 g/mol. The molecule has 0 radical (unpaired) electrons. The molecule has 110 valence electrons. The van der Waals surface area contributed by atoms with Crippen molar-refractivity contribution < 1.29 is 9.90 Å². The van der Waals surface area contributed by atoms with Crippen LogP contribution in [0.4, 0.5) is 0 Å². The van der Waals surface area contributed by atoms with Gasteiger partial charge in [0.2, 0.25) is 0 Å². The molecule has 5 heteroatoms. The summed E-state index contributed by atoms with van der Waals surface area (Å²) in [6.07, 6.45) is 3.33. The lowest BCUT2D eigenvalue weighted by Gasteiger charge is -2.32. The number of benzene rings is 1. The van der Waals surface area contributed by atoms with Gasteiger partial charge in [0.25, 0.3) is 0 Å². The number of aliphatic carboxylic acids is 1. The summed E-state index contributed by atoms with van der Waals surface area (Å²) in [4.78, 5) is 13.0. The number of carbonyl (C=O) groups is 1. The fourth-order valence-electron chi connectivity index (χ4n) is 2.75. The van der Waals surface area contributed by atoms with Crippen LogP contribution in [0.5, 0.6) is 0 Å². The lowest BCUT2D eigenvalue weighted by Crippen LogP contribution is -2.35. The second kappa shape index (κ2) is 7.43. The van der Waals surface area contributed by atoms with E-state index in [1.807, 2.05) is 18.2 Å². The van der Waals surface area contributed by atoms with Crippen LogP contribution in [0, 0.1) is 5.92 Å². The van der Waals surface area contributed by atoms with E-state index in [1.54, 1.807) is 0 Å². The molecule has 0 saturated carbocycles. The molecule has 1 N–H and O–H groups in total. The minimum absolute atomic E-state index is 0.275. The summed E-state index contributed by atoms with van der Waals surface area (Å²) in [7, 11) is 0. The highest BCUT2D eigenvalue weighted by Gasteiger charge is 2.21. The van der Waals surface area contributed by atoms with Gasteiger partial charge in [-0.3, -0.25) is 9.69 Å². The standard InChI is InChI=1S/C15H19BrClNO2/c16-13-5-4-12(14(17)8-13)10-18-7-1-2-11(9-18)3-6-15(19)20/h4-5,8,11H,1-3,6-7,9-10H2,(H,19,20). The van der Waals surface area contributed by atoms with E-state index in [-0.39, 0.29) is 6.42 Å². The summed E-state index contributed by atoms with van der Waals surface area (Å²) in [5, 5.41) is 9.56. The van der Waals surface area contributed by atoms with E-state index in [1.165, 1.54) is 0 Å². The molecule has 2 rings (SSSR count). The quantitative estimate of drug-likeness (QED) is 0.856. The number of hydrogen-bond donors (Lipinski definition) is 1. The topological polar surface area (TPSA) is 40.5 Å². The first kappa shape index (κ1) is 15.8. The molecule has 0 bridgehead atoms. The molecule has 1 aromatic carbocycles. The van der Waals surface area contributed by atoms with Gasteiger partial charge in [0, 0.05) is 29.0 Å². The van der Waals surface area contributed by atoms with Crippen LogP contribution in [0.15, 0.2) is 22.7 Å². The predicted molar refractivity (Wildman–Crippen MR) is 84.0 cm³/mol. The third kappa shape index (κ3) is 4.76. The van der Waals surface area contributed by atoms with Gasteiger partial charge in [-0.1, -0.05) is 33.6 Å². The summed E-state index contributed by atoms with van der Waals surface area (Å²) in [5.74, 6) is -0.202. The van der Waals surface area contributed by atoms with E-state index < -0.39 is 5.97 Å². The minimum Gasteiger partial charge on any atom is -0.481 e. The van der Waals surface area contributed by atoms with Gasteiger partial charge in [-0.2, -0.15) is 0 Å². The molecule has 1 heterocycles. The lowest BCUT2D eigenvalue weighted by molar-refractivity contribution is -0.137. The number of halogens is 2. The van der Waals surface area contributed by atoms with Crippen LogP contribution in [0.25, 0.3) is 0 Å². The molecule has 3 nitrogen and oxygen atoms in total. The molecule has 1 aliphatic heterocycles. The number of hydrogen-bond acceptors (Lipinski definition) is 2. The molecule has 0 spiro atoms. The highest BCUT2D eigenvalue weighted by atomic mass is 79.9. The fraction of sp³-hybridized carbons (Fsp3) is 0.533. The highest BCUT2D eigenvalue weighted by Crippen LogP contribution is 2.26. The van der Waals surface area contributed by atoms with Crippen molar-refractivity contribution in [2.45, 2.75) is 32.2 Å². The largest absolute Gasteiger partial charge is 0.481 e. The van der Waals surface area contributed by atoms with Crippen molar-refractivity contribution >= 4 is 33.5 Å². The third-order valence-corrected chi connectivity index (χ3v) is 4.62. The van der Waals surface area contributed by atoms with Crippen LogP contribution in [-0.4, -0.2) is 29.1 Å². The Morgan fingerprint density at radius 3 is 3.00 bits per heavy atom. The zero-order valence-corrected chi connectivity index (χ0v) is 13.7. The van der Waals surface area contributed by atoms with E-state index in [0.717, 1.165) is 54.0 Å². The first-order valence-corrected chi connectivity index (χ1v) is 8.10. The second-order valence-electron chi connectivity index (χ2n) is 5.41. The van der Waals surface area contributed by atoms with Crippen LogP contribution in [0.3, 0.4) is 0 Å². The molecule has 1 fully saturated rings. The van der Waals surface area contributed by atoms with E-state index in [4.69, 9.17) is 16.7 Å². The van der Waals surface area contributed by atoms with Gasteiger partial charge in [0.15, 0.2) is 0 Å². The van der Waals surface area contributed by atoms with Crippen molar-refractivity contribution in [3.8, 4) is 0 Å². The Hall–Kier alpha value is -0.580. The summed E-state index contributed by atoms with van der Waals surface area (Å²) in [6.45, 7) is 2.88. The highest BCUT2D eigenvalue weighted by molar-refractivity contribution is 9.10. The molecule has 1 atom stereocenters. The molecule has 1 aliphatic rings. The maximum Gasteiger partial charge on any atom is 0.303 e. The summed E-state index contributed by atoms with van der Waals surface area (Å²) < 4.78 is 0.990. The Morgan fingerprint density at radius 1 is 1.50 bits per heavy atom. The number of likely N-dealkylation sites (tertiary alicyclic amines) is 1. The summed E-state index contributed by atoms with van der Waals surface area (Å²) in [5.41, 5.74) is 1.13. The number of carboxylic acid groups (broad SMARTS) is 1. The Balaban J connectivity index is 1.90. The second-order valence-corrected chi connectivity index (χ2v) is 6.73. The normalized spacial score (nSPS) is 20.0. The molecular weight excluding hydrogens is 342 g/mol. The first-order valence-electron chi connectivity index (χ1n) is 6.92. The maximum absolute atomic E-state index is 10.7. The number of nitrogens with zero attached hydrogens (tertiary/aromatic N) is 1. The molecule has 20 heavy (non-hydrogen) atoms. The molecule has 1 aromatic rings. The molecule has 0 aromatic heterocycles. The van der Waals surface area contributed by atoms with Crippen LogP contribution in [0.2, 0.25) is 5.02 Å². The van der Waals surface area contributed by atoms with E-state index in [0.29, 0.717) is 5.92 Å². The van der Waals surface area contributed by atoms with Gasteiger partial charge < -0.3 is 5.11 Å². The average molecular weight is 361 g/mol. The van der Waals surface area contributed by atoms with Crippen molar-refractivity contribution in [1.82, 2.24) is 4.90 Å². The third-order valence-electron chi connectivity index (χ3n) is 3.78. The van der Waals surface area contributed by atoms with E-state index in [2.05, 4.69) is 20.8 Å². The van der Waals surface area contributed by atoms with Gasteiger partial charge in [0.1, 0.15) is 0 Å². The van der Waals surface area contributed by atoms with Crippen molar-refractivity contribution in [1.29, 1.82) is 0 Å². The SMILES string of the molecule is O=C(O)CCC1CCCN(Cc2ccc(Br)cc2Cl)C1. The van der Waals surface area contributed by atoms with Gasteiger partial charge in [-0.25, -0.2) is 0 Å².